The summed E-state index contributed by atoms with van der Waals surface area (Å²) in [5, 5.41) is 3.02. The summed E-state index contributed by atoms with van der Waals surface area (Å²) in [7, 11) is -3.49. The molecule has 1 heterocycles. The number of hydrogen-bond acceptors (Lipinski definition) is 5. The van der Waals surface area contributed by atoms with E-state index in [0.717, 1.165) is 19.4 Å². The van der Waals surface area contributed by atoms with Crippen LogP contribution >= 0.6 is 0 Å². The van der Waals surface area contributed by atoms with Gasteiger partial charge in [-0.25, -0.2) is 23.1 Å². The summed E-state index contributed by atoms with van der Waals surface area (Å²) in [5.74, 6) is 1.13. The Labute approximate surface area is 126 Å². The molecule has 0 saturated heterocycles. The second-order valence-electron chi connectivity index (χ2n) is 5.51. The van der Waals surface area contributed by atoms with Crippen molar-refractivity contribution in [1.82, 2.24) is 14.7 Å². The monoisotopic (exact) mass is 312 g/mol. The van der Waals surface area contributed by atoms with Crippen LogP contribution < -0.4 is 10.0 Å². The molecule has 1 saturated carbocycles. The quantitative estimate of drug-likeness (QED) is 0.768. The lowest BCUT2D eigenvalue weighted by molar-refractivity contribution is 0.495. The number of sulfonamides is 1. The van der Waals surface area contributed by atoms with Crippen molar-refractivity contribution in [1.29, 1.82) is 0 Å². The zero-order chi connectivity index (χ0) is 15.1. The van der Waals surface area contributed by atoms with E-state index in [2.05, 4.69) is 20.0 Å². The molecule has 0 radical (unpaired) electrons. The van der Waals surface area contributed by atoms with Crippen molar-refractivity contribution in [3.05, 3.63) is 12.4 Å². The summed E-state index contributed by atoms with van der Waals surface area (Å²) in [6.07, 6.45) is 9.58. The van der Waals surface area contributed by atoms with Crippen LogP contribution in [0.25, 0.3) is 0 Å². The Bertz CT molecular complexity index is 524. The molecule has 7 heteroatoms. The van der Waals surface area contributed by atoms with Crippen LogP contribution in [0.15, 0.2) is 17.3 Å². The fraction of sp³-hybridized carbons (Fsp3) is 0.714. The smallest absolute Gasteiger partial charge is 0.243 e. The van der Waals surface area contributed by atoms with Gasteiger partial charge in [0.2, 0.25) is 16.0 Å². The largest absolute Gasteiger partial charge is 0.354 e. The summed E-state index contributed by atoms with van der Waals surface area (Å²) >= 11 is 0. The molecule has 1 fully saturated rings. The van der Waals surface area contributed by atoms with E-state index in [9.17, 15) is 8.42 Å². The van der Waals surface area contributed by atoms with Gasteiger partial charge >= 0.3 is 0 Å². The van der Waals surface area contributed by atoms with Gasteiger partial charge in [-0.2, -0.15) is 0 Å². The highest BCUT2D eigenvalue weighted by Gasteiger charge is 2.18. The molecule has 0 bridgehead atoms. The normalized spacial score (nSPS) is 16.2. The first kappa shape index (κ1) is 16.2. The molecule has 2 N–H and O–H groups in total. The molecule has 0 aliphatic heterocycles. The average Bonchev–Trinajstić information content (AvgIpc) is 2.98. The van der Waals surface area contributed by atoms with Gasteiger partial charge in [0.25, 0.3) is 0 Å². The summed E-state index contributed by atoms with van der Waals surface area (Å²) in [6.45, 7) is 3.30. The predicted molar refractivity (Wildman–Crippen MR) is 82.6 cm³/mol. The van der Waals surface area contributed by atoms with E-state index in [1.165, 1.54) is 38.1 Å². The minimum Gasteiger partial charge on any atom is -0.354 e. The van der Waals surface area contributed by atoms with Crippen molar-refractivity contribution < 1.29 is 8.42 Å². The Hall–Kier alpha value is -1.21. The molecular formula is C14H24N4O2S. The molecular weight excluding hydrogens is 288 g/mol. The molecule has 118 valence electrons. The molecule has 0 amide bonds. The minimum atomic E-state index is -3.49. The first-order chi connectivity index (χ1) is 10.1. The standard InChI is InChI=1S/C14H24N4O2S/c1-2-8-15-14-16-10-13(11-17-14)21(19,20)18-9-7-12-5-3-4-6-12/h10-12,18H,2-9H2,1H3,(H,15,16,17). The van der Waals surface area contributed by atoms with Gasteiger partial charge < -0.3 is 5.32 Å². The minimum absolute atomic E-state index is 0.121. The SMILES string of the molecule is CCCNc1ncc(S(=O)(=O)NCCC2CCCC2)cn1. The summed E-state index contributed by atoms with van der Waals surface area (Å²) < 4.78 is 26.9. The molecule has 2 rings (SSSR count). The number of nitrogens with zero attached hydrogens (tertiary/aromatic N) is 2. The lowest BCUT2D eigenvalue weighted by Crippen LogP contribution is -2.26. The van der Waals surface area contributed by atoms with Gasteiger partial charge in [-0.05, 0) is 18.8 Å². The predicted octanol–water partition coefficient (Wildman–Crippen LogP) is 2.16. The van der Waals surface area contributed by atoms with Crippen molar-refractivity contribution in [2.45, 2.75) is 50.3 Å². The van der Waals surface area contributed by atoms with E-state index in [1.54, 1.807) is 0 Å². The highest BCUT2D eigenvalue weighted by molar-refractivity contribution is 7.89. The van der Waals surface area contributed by atoms with Crippen LogP contribution in [0.2, 0.25) is 0 Å². The number of anilines is 1. The number of hydrogen-bond donors (Lipinski definition) is 2. The number of nitrogens with one attached hydrogen (secondary N) is 2. The van der Waals surface area contributed by atoms with Crippen LogP contribution in [0.1, 0.15) is 45.4 Å². The van der Waals surface area contributed by atoms with E-state index in [0.29, 0.717) is 18.4 Å². The topological polar surface area (TPSA) is 84.0 Å². The second kappa shape index (κ2) is 7.70. The van der Waals surface area contributed by atoms with Gasteiger partial charge in [0.05, 0.1) is 12.4 Å². The maximum Gasteiger partial charge on any atom is 0.243 e. The Balaban J connectivity index is 1.85. The maximum atomic E-state index is 12.1. The molecule has 21 heavy (non-hydrogen) atoms. The van der Waals surface area contributed by atoms with E-state index in [-0.39, 0.29) is 4.90 Å². The molecule has 0 spiro atoms. The molecule has 1 aromatic rings. The van der Waals surface area contributed by atoms with Gasteiger partial charge in [0, 0.05) is 13.1 Å². The molecule has 1 aliphatic rings. The highest BCUT2D eigenvalue weighted by atomic mass is 32.2. The Morgan fingerprint density at radius 2 is 1.86 bits per heavy atom. The van der Waals surface area contributed by atoms with E-state index >= 15 is 0 Å². The molecule has 0 atom stereocenters. The van der Waals surface area contributed by atoms with Gasteiger partial charge in [-0.15, -0.1) is 0 Å². The second-order valence-corrected chi connectivity index (χ2v) is 7.27. The molecule has 0 aromatic carbocycles. The average molecular weight is 312 g/mol. The fourth-order valence-electron chi connectivity index (χ4n) is 2.56. The first-order valence-electron chi connectivity index (χ1n) is 7.67. The zero-order valence-electron chi connectivity index (χ0n) is 12.5. The van der Waals surface area contributed by atoms with Crippen molar-refractivity contribution in [3.8, 4) is 0 Å². The first-order valence-corrected chi connectivity index (χ1v) is 9.15. The summed E-state index contributed by atoms with van der Waals surface area (Å²) in [5.41, 5.74) is 0. The fourth-order valence-corrected chi connectivity index (χ4v) is 3.50. The van der Waals surface area contributed by atoms with Gasteiger partial charge in [0.15, 0.2) is 0 Å². The van der Waals surface area contributed by atoms with Gasteiger partial charge in [0.1, 0.15) is 4.90 Å². The lowest BCUT2D eigenvalue weighted by atomic mass is 10.1. The van der Waals surface area contributed by atoms with E-state index in [4.69, 9.17) is 0 Å². The number of rotatable bonds is 8. The van der Waals surface area contributed by atoms with E-state index in [1.807, 2.05) is 6.92 Å². The van der Waals surface area contributed by atoms with Gasteiger partial charge in [-0.1, -0.05) is 32.6 Å². The third-order valence-corrected chi connectivity index (χ3v) is 5.21. The van der Waals surface area contributed by atoms with Crippen molar-refractivity contribution >= 4 is 16.0 Å². The van der Waals surface area contributed by atoms with E-state index < -0.39 is 10.0 Å². The summed E-state index contributed by atoms with van der Waals surface area (Å²) in [4.78, 5) is 8.17. The van der Waals surface area contributed by atoms with Crippen LogP contribution in [0.4, 0.5) is 5.95 Å². The van der Waals surface area contributed by atoms with Crippen molar-refractivity contribution in [2.75, 3.05) is 18.4 Å². The lowest BCUT2D eigenvalue weighted by Gasteiger charge is -2.10. The molecule has 0 unspecified atom stereocenters. The third-order valence-electron chi connectivity index (χ3n) is 3.79. The Kier molecular flexibility index (Phi) is 5.93. The Morgan fingerprint density at radius 1 is 1.19 bits per heavy atom. The third kappa shape index (κ3) is 4.93. The van der Waals surface area contributed by atoms with Crippen LogP contribution in [-0.2, 0) is 10.0 Å². The maximum absolute atomic E-state index is 12.1. The highest BCUT2D eigenvalue weighted by Crippen LogP contribution is 2.27. The van der Waals surface area contributed by atoms with Crippen LogP contribution in [-0.4, -0.2) is 31.5 Å². The van der Waals surface area contributed by atoms with Gasteiger partial charge in [-0.3, -0.25) is 0 Å². The summed E-state index contributed by atoms with van der Waals surface area (Å²) in [6, 6.07) is 0. The molecule has 1 aliphatic carbocycles. The zero-order valence-corrected chi connectivity index (χ0v) is 13.3. The number of aromatic nitrogens is 2. The molecule has 1 aromatic heterocycles. The van der Waals surface area contributed by atoms with Crippen LogP contribution in [0, 0.1) is 5.92 Å². The Morgan fingerprint density at radius 3 is 2.48 bits per heavy atom. The van der Waals surface area contributed by atoms with Crippen molar-refractivity contribution in [2.24, 2.45) is 5.92 Å². The van der Waals surface area contributed by atoms with Crippen molar-refractivity contribution in [3.63, 3.8) is 0 Å². The molecule has 6 nitrogen and oxygen atoms in total. The van der Waals surface area contributed by atoms with Crippen LogP contribution in [0.5, 0.6) is 0 Å². The van der Waals surface area contributed by atoms with Crippen LogP contribution in [0.3, 0.4) is 0 Å².